The van der Waals surface area contributed by atoms with Crippen LogP contribution in [0.5, 0.6) is 40.2 Å². The second-order valence-electron chi connectivity index (χ2n) is 16.5. The molecule has 0 spiro atoms. The smallest absolute Gasteiger partial charge is 0.410 e. The number of nitrogens with zero attached hydrogens (tertiary/aromatic N) is 3. The van der Waals surface area contributed by atoms with Crippen LogP contribution in [0.1, 0.15) is 65.3 Å². The van der Waals surface area contributed by atoms with E-state index in [2.05, 4.69) is 39.4 Å². The number of fused-ring (bicyclic) bond motifs is 3. The van der Waals surface area contributed by atoms with E-state index in [9.17, 15) is 19.8 Å². The second kappa shape index (κ2) is 16.3. The number of rotatable bonds is 10. The Morgan fingerprint density at radius 2 is 1.55 bits per heavy atom. The number of aromatic amines is 1. The molecular weight excluding hydrogens is 797 g/mol. The maximum Gasteiger partial charge on any atom is 0.410 e. The molecule has 62 heavy (non-hydrogen) atoms. The van der Waals surface area contributed by atoms with E-state index < -0.39 is 30.0 Å². The summed E-state index contributed by atoms with van der Waals surface area (Å²) in [5.41, 5.74) is 7.92. The lowest BCUT2D eigenvalue weighted by Crippen LogP contribution is -2.49. The van der Waals surface area contributed by atoms with Crippen LogP contribution in [0, 0.1) is 18.8 Å². The number of hydrogen-bond acceptors (Lipinski definition) is 13. The Balaban J connectivity index is 0.907. The monoisotopic (exact) mass is 846 g/mol. The normalized spacial score (nSPS) is 20.4. The summed E-state index contributed by atoms with van der Waals surface area (Å²) in [5.74, 6) is 0.453. The highest BCUT2D eigenvalue weighted by molar-refractivity contribution is 5.86. The van der Waals surface area contributed by atoms with Gasteiger partial charge in [-0.1, -0.05) is 38.1 Å². The summed E-state index contributed by atoms with van der Waals surface area (Å²) in [5, 5.41) is 28.9. The highest BCUT2D eigenvalue weighted by Gasteiger charge is 2.54. The van der Waals surface area contributed by atoms with Crippen LogP contribution < -0.4 is 23.7 Å². The number of benzene rings is 4. The molecule has 4 heterocycles. The minimum atomic E-state index is -0.784. The molecule has 15 nitrogen and oxygen atoms in total. The van der Waals surface area contributed by atoms with Crippen LogP contribution in [-0.2, 0) is 20.8 Å². The van der Waals surface area contributed by atoms with E-state index in [-0.39, 0.29) is 36.8 Å². The van der Waals surface area contributed by atoms with E-state index in [0.717, 1.165) is 44.6 Å². The minimum Gasteiger partial charge on any atom is -0.508 e. The Morgan fingerprint density at radius 3 is 2.19 bits per heavy atom. The van der Waals surface area contributed by atoms with Crippen molar-refractivity contribution >= 4 is 12.1 Å². The first kappa shape index (κ1) is 40.8. The molecule has 4 unspecified atom stereocenters. The number of piperazine rings is 1. The van der Waals surface area contributed by atoms with Gasteiger partial charge in [0.2, 0.25) is 12.5 Å². The molecule has 1 amide bonds. The zero-order valence-corrected chi connectivity index (χ0v) is 35.5. The molecule has 1 aliphatic carbocycles. The largest absolute Gasteiger partial charge is 0.508 e. The molecule has 15 heteroatoms. The Labute approximate surface area is 359 Å². The van der Waals surface area contributed by atoms with Gasteiger partial charge in [-0.3, -0.25) is 14.8 Å². The first-order valence-electron chi connectivity index (χ1n) is 20.8. The molecule has 9 rings (SSSR count). The zero-order chi connectivity index (χ0) is 43.4. The molecule has 3 N–H and O–H groups in total. The number of aryl methyl sites for hydroxylation is 1. The molecule has 324 valence electrons. The van der Waals surface area contributed by atoms with Gasteiger partial charge in [-0.2, -0.15) is 5.10 Å². The number of carbonyl (C=O) groups excluding carboxylic acids is 2. The lowest BCUT2D eigenvalue weighted by Gasteiger charge is -2.40. The number of esters is 1. The number of ether oxygens (including phenoxy) is 7. The van der Waals surface area contributed by atoms with Crippen molar-refractivity contribution in [3.63, 3.8) is 0 Å². The van der Waals surface area contributed by atoms with Gasteiger partial charge in [0.25, 0.3) is 0 Å². The standard InChI is InChI=1S/C47H50N4O11/c1-24(2)29-17-32(35(53)20-34(29)52)43-40(25(3)48-49-43)27-9-7-26(8-10-27)21-50-11-13-51(14-12-50)47(55)62-44-31-19-37-36(60-23-61-37)18-30(31)41(42-33(44)22-59-46(42)54)28-15-38(56-4)45(58-6)39(16-28)57-5/h7-10,15-20,24,33,41-42,44,52-53H,11-14,21-23H2,1-6H3,(H,48,49). The molecule has 3 aliphatic heterocycles. The average molecular weight is 847 g/mol. The highest BCUT2D eigenvalue weighted by Crippen LogP contribution is 2.57. The fourth-order valence-corrected chi connectivity index (χ4v) is 9.47. The number of methoxy groups -OCH3 is 3. The number of phenolic OH excluding ortho intramolecular Hbond substituents is 2. The van der Waals surface area contributed by atoms with Crippen molar-refractivity contribution in [2.45, 2.75) is 45.3 Å². The minimum absolute atomic E-state index is 0.0383. The van der Waals surface area contributed by atoms with Crippen molar-refractivity contribution in [3.8, 4) is 62.6 Å². The van der Waals surface area contributed by atoms with Gasteiger partial charge in [0.15, 0.2) is 23.0 Å². The van der Waals surface area contributed by atoms with Crippen molar-refractivity contribution in [1.82, 2.24) is 20.0 Å². The van der Waals surface area contributed by atoms with Crippen LogP contribution in [0.4, 0.5) is 4.79 Å². The van der Waals surface area contributed by atoms with Gasteiger partial charge in [-0.25, -0.2) is 4.79 Å². The van der Waals surface area contributed by atoms with Crippen molar-refractivity contribution in [3.05, 3.63) is 94.2 Å². The molecule has 4 atom stereocenters. The molecular formula is C47H50N4O11. The molecule has 0 saturated carbocycles. The Kier molecular flexibility index (Phi) is 10.8. The molecule has 2 fully saturated rings. The average Bonchev–Trinajstić information content (AvgIpc) is 4.01. The van der Waals surface area contributed by atoms with Crippen molar-refractivity contribution in [2.24, 2.45) is 11.8 Å². The van der Waals surface area contributed by atoms with Crippen molar-refractivity contribution in [2.75, 3.05) is 60.9 Å². The predicted molar refractivity (Wildman–Crippen MR) is 226 cm³/mol. The van der Waals surface area contributed by atoms with Crippen LogP contribution >= 0.6 is 0 Å². The molecule has 1 aromatic heterocycles. The molecule has 4 aromatic carbocycles. The lowest BCUT2D eigenvalue weighted by atomic mass is 9.66. The fourth-order valence-electron chi connectivity index (χ4n) is 9.47. The predicted octanol–water partition coefficient (Wildman–Crippen LogP) is 7.27. The summed E-state index contributed by atoms with van der Waals surface area (Å²) in [4.78, 5) is 31.7. The number of H-pyrrole nitrogens is 1. The summed E-state index contributed by atoms with van der Waals surface area (Å²) >= 11 is 0. The number of phenols is 2. The van der Waals surface area contributed by atoms with Gasteiger partial charge in [0.1, 0.15) is 23.3 Å². The summed E-state index contributed by atoms with van der Waals surface area (Å²) in [6, 6.07) is 18.9. The zero-order valence-electron chi connectivity index (χ0n) is 35.5. The van der Waals surface area contributed by atoms with Gasteiger partial charge >= 0.3 is 12.1 Å². The van der Waals surface area contributed by atoms with E-state index >= 15 is 0 Å². The van der Waals surface area contributed by atoms with Crippen LogP contribution in [-0.4, -0.2) is 103 Å². The highest BCUT2D eigenvalue weighted by atomic mass is 16.7. The summed E-state index contributed by atoms with van der Waals surface area (Å²) in [7, 11) is 4.63. The van der Waals surface area contributed by atoms with Gasteiger partial charge in [0.05, 0.1) is 33.9 Å². The number of amides is 1. The van der Waals surface area contributed by atoms with Gasteiger partial charge < -0.3 is 48.3 Å². The number of hydrogen-bond donors (Lipinski definition) is 3. The Morgan fingerprint density at radius 1 is 0.871 bits per heavy atom. The second-order valence-corrected chi connectivity index (χ2v) is 16.5. The topological polar surface area (TPSA) is 174 Å². The number of aromatic hydroxyl groups is 2. The summed E-state index contributed by atoms with van der Waals surface area (Å²) in [6.45, 7) is 8.94. The van der Waals surface area contributed by atoms with Crippen LogP contribution in [0.15, 0.2) is 60.7 Å². The first-order chi connectivity index (χ1) is 30.0. The third-order valence-electron chi connectivity index (χ3n) is 12.6. The van der Waals surface area contributed by atoms with Gasteiger partial charge in [0, 0.05) is 73.0 Å². The summed E-state index contributed by atoms with van der Waals surface area (Å²) < 4.78 is 40.7. The number of carbonyl (C=O) groups is 2. The lowest BCUT2D eigenvalue weighted by molar-refractivity contribution is -0.141. The molecule has 5 aromatic rings. The third-order valence-corrected chi connectivity index (χ3v) is 12.6. The van der Waals surface area contributed by atoms with E-state index in [0.29, 0.717) is 72.7 Å². The Hall–Kier alpha value is -6.61. The van der Waals surface area contributed by atoms with Gasteiger partial charge in [-0.15, -0.1) is 0 Å². The summed E-state index contributed by atoms with van der Waals surface area (Å²) in [6.07, 6.45) is -1.24. The van der Waals surface area contributed by atoms with Crippen LogP contribution in [0.3, 0.4) is 0 Å². The maximum atomic E-state index is 14.1. The van der Waals surface area contributed by atoms with E-state index in [1.807, 2.05) is 45.0 Å². The number of aromatic nitrogens is 2. The van der Waals surface area contributed by atoms with E-state index in [4.69, 9.17) is 33.2 Å². The van der Waals surface area contributed by atoms with E-state index in [1.54, 1.807) is 25.2 Å². The Bertz CT molecular complexity index is 2500. The van der Waals surface area contributed by atoms with E-state index in [1.165, 1.54) is 13.2 Å². The first-order valence-corrected chi connectivity index (χ1v) is 20.8. The third kappa shape index (κ3) is 7.13. The molecule has 0 bridgehead atoms. The fraction of sp³-hybridized carbons (Fsp3) is 0.383. The maximum absolute atomic E-state index is 14.1. The molecule has 4 aliphatic rings. The number of cyclic esters (lactones) is 1. The number of nitrogens with one attached hydrogen (secondary N) is 1. The quantitative estimate of drug-likeness (QED) is 0.120. The van der Waals surface area contributed by atoms with Crippen LogP contribution in [0.25, 0.3) is 22.4 Å². The molecule has 2 saturated heterocycles. The van der Waals surface area contributed by atoms with Crippen molar-refractivity contribution in [1.29, 1.82) is 0 Å². The van der Waals surface area contributed by atoms with Gasteiger partial charge in [-0.05, 0) is 71.0 Å². The SMILES string of the molecule is COc1cc(C2c3cc4c(cc3C(OC(=O)N3CCN(Cc5ccc(-c6c(-c7cc(C(C)C)c(O)cc7O)n[nH]c6C)cc5)CC3)C3COC(=O)C23)OCO4)cc(OC)c1OC. The van der Waals surface area contributed by atoms with Crippen LogP contribution in [0.2, 0.25) is 0 Å². The molecule has 0 radical (unpaired) electrons. The van der Waals surface area contributed by atoms with Crippen molar-refractivity contribution < 1.29 is 53.0 Å².